The number of halogens is 1. The monoisotopic (exact) mass is 238 g/mol. The minimum atomic E-state index is -0.628. The number of benzene rings is 1. The van der Waals surface area contributed by atoms with Crippen molar-refractivity contribution in [3.8, 4) is 0 Å². The molecule has 2 N–H and O–H groups in total. The van der Waals surface area contributed by atoms with Crippen molar-refractivity contribution in [1.82, 2.24) is 4.90 Å². The van der Waals surface area contributed by atoms with E-state index in [9.17, 15) is 14.0 Å². The number of rotatable bonds is 4. The van der Waals surface area contributed by atoms with Gasteiger partial charge in [-0.2, -0.15) is 0 Å². The largest absolute Gasteiger partial charge is 0.330 e. The van der Waals surface area contributed by atoms with Gasteiger partial charge in [0.25, 0.3) is 5.91 Å². The van der Waals surface area contributed by atoms with E-state index in [1.807, 2.05) is 0 Å². The summed E-state index contributed by atoms with van der Waals surface area (Å²) in [5.41, 5.74) is 5.22. The van der Waals surface area contributed by atoms with Crippen molar-refractivity contribution in [3.05, 3.63) is 35.6 Å². The molecule has 0 radical (unpaired) electrons. The van der Waals surface area contributed by atoms with E-state index in [0.717, 1.165) is 4.90 Å². The van der Waals surface area contributed by atoms with E-state index in [4.69, 9.17) is 5.73 Å². The van der Waals surface area contributed by atoms with Gasteiger partial charge in [-0.25, -0.2) is 4.39 Å². The van der Waals surface area contributed by atoms with Gasteiger partial charge in [0.05, 0.1) is 5.56 Å². The first-order valence-corrected chi connectivity index (χ1v) is 5.35. The van der Waals surface area contributed by atoms with Crippen LogP contribution in [-0.2, 0) is 4.79 Å². The molecule has 1 rings (SSSR count). The molecule has 0 unspecified atom stereocenters. The van der Waals surface area contributed by atoms with Crippen molar-refractivity contribution in [2.24, 2.45) is 5.73 Å². The van der Waals surface area contributed by atoms with Gasteiger partial charge in [0, 0.05) is 13.5 Å². The Morgan fingerprint density at radius 1 is 1.35 bits per heavy atom. The first-order valence-electron chi connectivity index (χ1n) is 5.35. The van der Waals surface area contributed by atoms with E-state index in [1.165, 1.54) is 25.1 Å². The number of carbonyl (C=O) groups excluding carboxylic acids is 2. The third-order valence-corrected chi connectivity index (χ3v) is 2.32. The summed E-state index contributed by atoms with van der Waals surface area (Å²) in [4.78, 5) is 24.3. The van der Waals surface area contributed by atoms with Crippen LogP contribution in [0.5, 0.6) is 0 Å². The Balaban J connectivity index is 2.92. The highest BCUT2D eigenvalue weighted by Crippen LogP contribution is 2.10. The van der Waals surface area contributed by atoms with E-state index in [-0.39, 0.29) is 12.1 Å². The van der Waals surface area contributed by atoms with Gasteiger partial charge >= 0.3 is 0 Å². The molecule has 0 spiro atoms. The molecule has 0 fully saturated rings. The lowest BCUT2D eigenvalue weighted by atomic mass is 10.2. The maximum atomic E-state index is 13.4. The Morgan fingerprint density at radius 3 is 2.53 bits per heavy atom. The fraction of sp³-hybridized carbons (Fsp3) is 0.333. The summed E-state index contributed by atoms with van der Waals surface area (Å²) in [6.07, 6.45) is 0.500. The summed E-state index contributed by atoms with van der Waals surface area (Å²) < 4.78 is 13.4. The lowest BCUT2D eigenvalue weighted by molar-refractivity contribution is -0.126. The zero-order valence-corrected chi connectivity index (χ0v) is 9.65. The maximum Gasteiger partial charge on any atom is 0.263 e. The second-order valence-electron chi connectivity index (χ2n) is 3.60. The van der Waals surface area contributed by atoms with Gasteiger partial charge in [0.15, 0.2) is 0 Å². The number of carbonyl (C=O) groups is 2. The molecule has 0 aliphatic carbocycles. The minimum Gasteiger partial charge on any atom is -0.330 e. The number of nitrogens with two attached hydrogens (primary N) is 1. The van der Waals surface area contributed by atoms with Crippen molar-refractivity contribution in [1.29, 1.82) is 0 Å². The molecule has 1 aromatic rings. The van der Waals surface area contributed by atoms with Crippen LogP contribution < -0.4 is 5.73 Å². The third-order valence-electron chi connectivity index (χ3n) is 2.32. The molecule has 5 heteroatoms. The molecule has 0 saturated carbocycles. The van der Waals surface area contributed by atoms with E-state index >= 15 is 0 Å². The molecule has 92 valence electrons. The van der Waals surface area contributed by atoms with Gasteiger partial charge in [-0.05, 0) is 25.1 Å². The van der Waals surface area contributed by atoms with Crippen LogP contribution in [0.4, 0.5) is 4.39 Å². The van der Waals surface area contributed by atoms with Crippen LogP contribution in [-0.4, -0.2) is 29.8 Å². The Kier molecular flexibility index (Phi) is 4.78. The van der Waals surface area contributed by atoms with Crippen molar-refractivity contribution in [2.75, 3.05) is 13.1 Å². The van der Waals surface area contributed by atoms with Crippen molar-refractivity contribution in [2.45, 2.75) is 13.3 Å². The average molecular weight is 238 g/mol. The Labute approximate surface area is 99.2 Å². The van der Waals surface area contributed by atoms with Gasteiger partial charge in [0.2, 0.25) is 5.91 Å². The molecule has 0 atom stereocenters. The lowest BCUT2D eigenvalue weighted by Crippen LogP contribution is -2.37. The first-order chi connectivity index (χ1) is 8.07. The molecule has 0 aliphatic heterocycles. The van der Waals surface area contributed by atoms with E-state index in [1.54, 1.807) is 6.07 Å². The third kappa shape index (κ3) is 3.35. The van der Waals surface area contributed by atoms with Crippen LogP contribution in [0.2, 0.25) is 0 Å². The summed E-state index contributed by atoms with van der Waals surface area (Å²) in [6, 6.07) is 5.59. The van der Waals surface area contributed by atoms with Gasteiger partial charge in [0.1, 0.15) is 5.82 Å². The molecule has 2 amide bonds. The molecule has 1 aromatic carbocycles. The molecule has 0 bridgehead atoms. The summed E-state index contributed by atoms with van der Waals surface area (Å²) in [5, 5.41) is 0. The van der Waals surface area contributed by atoms with Crippen molar-refractivity contribution >= 4 is 11.8 Å². The molecule has 4 nitrogen and oxygen atoms in total. The van der Waals surface area contributed by atoms with Crippen molar-refractivity contribution < 1.29 is 14.0 Å². The van der Waals surface area contributed by atoms with E-state index in [2.05, 4.69) is 0 Å². The van der Waals surface area contributed by atoms with Crippen LogP contribution >= 0.6 is 0 Å². The Bertz CT molecular complexity index is 421. The average Bonchev–Trinajstić information content (AvgIpc) is 2.29. The van der Waals surface area contributed by atoms with Gasteiger partial charge < -0.3 is 5.73 Å². The molecular formula is C12H15FN2O2. The minimum absolute atomic E-state index is 0.0975. The summed E-state index contributed by atoms with van der Waals surface area (Å²) >= 11 is 0. The zero-order chi connectivity index (χ0) is 12.8. The predicted octanol–water partition coefficient (Wildman–Crippen LogP) is 1.16. The van der Waals surface area contributed by atoms with Crippen LogP contribution in [0.1, 0.15) is 23.7 Å². The molecule has 0 saturated heterocycles. The second kappa shape index (κ2) is 6.10. The molecule has 0 aliphatic rings. The summed E-state index contributed by atoms with van der Waals surface area (Å²) in [7, 11) is 0. The summed E-state index contributed by atoms with van der Waals surface area (Å²) in [5.74, 6) is -1.66. The van der Waals surface area contributed by atoms with Crippen LogP contribution in [0.25, 0.3) is 0 Å². The maximum absolute atomic E-state index is 13.4. The number of nitrogens with zero attached hydrogens (tertiary/aromatic N) is 1. The highest BCUT2D eigenvalue weighted by atomic mass is 19.1. The molecule has 0 aromatic heterocycles. The van der Waals surface area contributed by atoms with Gasteiger partial charge in [-0.15, -0.1) is 0 Å². The molecular weight excluding hydrogens is 223 g/mol. The molecule has 17 heavy (non-hydrogen) atoms. The zero-order valence-electron chi connectivity index (χ0n) is 9.65. The SMILES string of the molecule is CC(=O)N(CCCN)C(=O)c1ccccc1F. The van der Waals surface area contributed by atoms with Gasteiger partial charge in [-0.1, -0.05) is 12.1 Å². The van der Waals surface area contributed by atoms with Crippen LogP contribution in [0.15, 0.2) is 24.3 Å². The van der Waals surface area contributed by atoms with E-state index < -0.39 is 17.6 Å². The van der Waals surface area contributed by atoms with Crippen LogP contribution in [0, 0.1) is 5.82 Å². The highest BCUT2D eigenvalue weighted by Gasteiger charge is 2.21. The Hall–Kier alpha value is -1.75. The van der Waals surface area contributed by atoms with Crippen molar-refractivity contribution in [3.63, 3.8) is 0 Å². The summed E-state index contributed by atoms with van der Waals surface area (Å²) in [6.45, 7) is 1.85. The number of hydrogen-bond acceptors (Lipinski definition) is 3. The van der Waals surface area contributed by atoms with Gasteiger partial charge in [-0.3, -0.25) is 14.5 Å². The second-order valence-corrected chi connectivity index (χ2v) is 3.60. The number of hydrogen-bond donors (Lipinski definition) is 1. The fourth-order valence-corrected chi connectivity index (χ4v) is 1.43. The standard InChI is InChI=1S/C12H15FN2O2/c1-9(16)15(8-4-7-14)12(17)10-5-2-3-6-11(10)13/h2-3,5-6H,4,7-8,14H2,1H3. The smallest absolute Gasteiger partial charge is 0.263 e. The predicted molar refractivity (Wildman–Crippen MR) is 61.8 cm³/mol. The number of amides is 2. The molecule has 0 heterocycles. The topological polar surface area (TPSA) is 63.4 Å². The fourth-order valence-electron chi connectivity index (χ4n) is 1.43. The number of imide groups is 1. The Morgan fingerprint density at radius 2 is 2.00 bits per heavy atom. The van der Waals surface area contributed by atoms with Crippen LogP contribution in [0.3, 0.4) is 0 Å². The normalized spacial score (nSPS) is 10.1. The quantitative estimate of drug-likeness (QED) is 0.856. The highest BCUT2D eigenvalue weighted by molar-refractivity contribution is 6.04. The first kappa shape index (κ1) is 13.3. The van der Waals surface area contributed by atoms with E-state index in [0.29, 0.717) is 13.0 Å². The lowest BCUT2D eigenvalue weighted by Gasteiger charge is -2.18.